The highest BCUT2D eigenvalue weighted by Crippen LogP contribution is 2.28. The van der Waals surface area contributed by atoms with E-state index in [-0.39, 0.29) is 0 Å². The predicted molar refractivity (Wildman–Crippen MR) is 77.5 cm³/mol. The van der Waals surface area contributed by atoms with Crippen molar-refractivity contribution in [2.75, 3.05) is 13.6 Å². The van der Waals surface area contributed by atoms with Crippen LogP contribution in [0, 0.1) is 0 Å². The fourth-order valence-corrected chi connectivity index (χ4v) is 2.58. The second-order valence-corrected chi connectivity index (χ2v) is 5.70. The van der Waals surface area contributed by atoms with Crippen LogP contribution in [0.2, 0.25) is 0 Å². The first-order chi connectivity index (χ1) is 8.65. The molecule has 1 aromatic heterocycles. The monoisotopic (exact) mass is 266 g/mol. The van der Waals surface area contributed by atoms with Gasteiger partial charge < -0.3 is 10.6 Å². The molecule has 1 saturated carbocycles. The third-order valence-electron chi connectivity index (χ3n) is 3.53. The summed E-state index contributed by atoms with van der Waals surface area (Å²) in [5.74, 6) is 0. The smallest absolute Gasteiger partial charge is 0.0764 e. The number of nitrogens with two attached hydrogens (primary N) is 1. The van der Waals surface area contributed by atoms with Gasteiger partial charge in [-0.2, -0.15) is 5.10 Å². The molecule has 0 spiro atoms. The first kappa shape index (κ1) is 13.5. The highest BCUT2D eigenvalue weighted by Gasteiger charge is 2.17. The molecular weight excluding hydrogens is 244 g/mol. The minimum atomic E-state index is 0.582. The van der Waals surface area contributed by atoms with Crippen molar-refractivity contribution in [3.63, 3.8) is 0 Å². The van der Waals surface area contributed by atoms with E-state index in [1.165, 1.54) is 25.7 Å². The van der Waals surface area contributed by atoms with Gasteiger partial charge in [-0.3, -0.25) is 4.68 Å². The Morgan fingerprint density at radius 3 is 2.94 bits per heavy atom. The standard InChI is InChI=1S/C13H22N4S/c1-16(8-7-13(14)18)10-11-6-9-17(15-11)12-4-2-3-5-12/h6,9,12H,2-5,7-8,10H2,1H3,(H2,14,18). The van der Waals surface area contributed by atoms with Crippen LogP contribution in [0.15, 0.2) is 12.3 Å². The first-order valence-corrected chi connectivity index (χ1v) is 7.07. The van der Waals surface area contributed by atoms with E-state index in [0.717, 1.165) is 25.2 Å². The normalized spacial score (nSPS) is 16.6. The Hall–Kier alpha value is -0.940. The summed E-state index contributed by atoms with van der Waals surface area (Å²) in [6, 6.07) is 2.75. The highest BCUT2D eigenvalue weighted by atomic mass is 32.1. The van der Waals surface area contributed by atoms with Crippen molar-refractivity contribution in [1.29, 1.82) is 0 Å². The Balaban J connectivity index is 1.84. The first-order valence-electron chi connectivity index (χ1n) is 6.66. The van der Waals surface area contributed by atoms with Crippen LogP contribution in [-0.4, -0.2) is 33.3 Å². The van der Waals surface area contributed by atoms with Gasteiger partial charge in [-0.15, -0.1) is 0 Å². The van der Waals surface area contributed by atoms with Gasteiger partial charge in [-0.1, -0.05) is 25.1 Å². The molecule has 0 radical (unpaired) electrons. The molecule has 4 nitrogen and oxygen atoms in total. The molecule has 0 bridgehead atoms. The maximum Gasteiger partial charge on any atom is 0.0764 e. The summed E-state index contributed by atoms with van der Waals surface area (Å²) in [7, 11) is 2.08. The molecular formula is C13H22N4S. The number of nitrogens with zero attached hydrogens (tertiary/aromatic N) is 3. The van der Waals surface area contributed by atoms with E-state index in [2.05, 4.69) is 34.0 Å². The summed E-state index contributed by atoms with van der Waals surface area (Å²) in [6.45, 7) is 1.76. The van der Waals surface area contributed by atoms with Crippen molar-refractivity contribution in [1.82, 2.24) is 14.7 Å². The molecule has 0 aliphatic heterocycles. The van der Waals surface area contributed by atoms with Crippen molar-refractivity contribution in [2.24, 2.45) is 5.73 Å². The Morgan fingerprint density at radius 1 is 1.56 bits per heavy atom. The maximum atomic E-state index is 5.51. The van der Waals surface area contributed by atoms with Crippen LogP contribution in [0.25, 0.3) is 0 Å². The molecule has 0 saturated heterocycles. The second-order valence-electron chi connectivity index (χ2n) is 5.18. The van der Waals surface area contributed by atoms with Crippen LogP contribution in [0.4, 0.5) is 0 Å². The van der Waals surface area contributed by atoms with Gasteiger partial charge >= 0.3 is 0 Å². The molecule has 0 amide bonds. The lowest BCUT2D eigenvalue weighted by Crippen LogP contribution is -2.23. The topological polar surface area (TPSA) is 47.1 Å². The fourth-order valence-electron chi connectivity index (χ4n) is 2.49. The maximum absolute atomic E-state index is 5.51. The summed E-state index contributed by atoms with van der Waals surface area (Å²) < 4.78 is 2.14. The van der Waals surface area contributed by atoms with Gasteiger partial charge in [0.2, 0.25) is 0 Å². The van der Waals surface area contributed by atoms with E-state index in [1.807, 2.05) is 0 Å². The van der Waals surface area contributed by atoms with Crippen LogP contribution in [0.1, 0.15) is 43.8 Å². The fraction of sp³-hybridized carbons (Fsp3) is 0.692. The second kappa shape index (κ2) is 6.29. The van der Waals surface area contributed by atoms with Crippen LogP contribution in [0.5, 0.6) is 0 Å². The minimum Gasteiger partial charge on any atom is -0.393 e. The van der Waals surface area contributed by atoms with Crippen molar-refractivity contribution in [3.8, 4) is 0 Å². The summed E-state index contributed by atoms with van der Waals surface area (Å²) >= 11 is 4.89. The third kappa shape index (κ3) is 3.78. The number of rotatable bonds is 6. The summed E-state index contributed by atoms with van der Waals surface area (Å²) in [6.07, 6.45) is 8.13. The average molecular weight is 266 g/mol. The zero-order valence-electron chi connectivity index (χ0n) is 11.0. The van der Waals surface area contributed by atoms with Gasteiger partial charge in [0.1, 0.15) is 0 Å². The lowest BCUT2D eigenvalue weighted by Gasteiger charge is -2.14. The highest BCUT2D eigenvalue weighted by molar-refractivity contribution is 7.80. The molecule has 1 aromatic rings. The third-order valence-corrected chi connectivity index (χ3v) is 3.74. The van der Waals surface area contributed by atoms with Crippen LogP contribution in [-0.2, 0) is 6.54 Å². The molecule has 2 rings (SSSR count). The van der Waals surface area contributed by atoms with Crippen LogP contribution < -0.4 is 5.73 Å². The van der Waals surface area contributed by atoms with E-state index >= 15 is 0 Å². The number of aromatic nitrogens is 2. The van der Waals surface area contributed by atoms with Crippen molar-refractivity contribution < 1.29 is 0 Å². The Kier molecular flexibility index (Phi) is 4.72. The van der Waals surface area contributed by atoms with Gasteiger partial charge in [0.25, 0.3) is 0 Å². The zero-order valence-corrected chi connectivity index (χ0v) is 11.8. The minimum absolute atomic E-state index is 0.582. The van der Waals surface area contributed by atoms with E-state index in [1.54, 1.807) is 0 Å². The van der Waals surface area contributed by atoms with Crippen molar-refractivity contribution in [3.05, 3.63) is 18.0 Å². The lowest BCUT2D eigenvalue weighted by molar-refractivity contribution is 0.329. The Morgan fingerprint density at radius 2 is 2.28 bits per heavy atom. The summed E-state index contributed by atoms with van der Waals surface area (Å²) in [5, 5.41) is 4.67. The van der Waals surface area contributed by atoms with Crippen LogP contribution >= 0.6 is 12.2 Å². The number of hydrogen-bond acceptors (Lipinski definition) is 3. The SMILES string of the molecule is CN(CCC(N)=S)Cc1ccn(C2CCCC2)n1. The molecule has 100 valence electrons. The van der Waals surface area contributed by atoms with E-state index in [9.17, 15) is 0 Å². The molecule has 1 aliphatic carbocycles. The molecule has 5 heteroatoms. The Bertz CT molecular complexity index is 395. The molecule has 0 aromatic carbocycles. The molecule has 1 heterocycles. The van der Waals surface area contributed by atoms with Gasteiger partial charge in [0, 0.05) is 25.7 Å². The molecule has 0 unspecified atom stereocenters. The molecule has 1 fully saturated rings. The molecule has 2 N–H and O–H groups in total. The van der Waals surface area contributed by atoms with Gasteiger partial charge in [-0.25, -0.2) is 0 Å². The Labute approximate surface area is 114 Å². The van der Waals surface area contributed by atoms with Gasteiger partial charge in [-0.05, 0) is 26.0 Å². The number of hydrogen-bond donors (Lipinski definition) is 1. The van der Waals surface area contributed by atoms with Gasteiger partial charge in [0.05, 0.1) is 16.7 Å². The average Bonchev–Trinajstić information content (AvgIpc) is 2.95. The predicted octanol–water partition coefficient (Wildman–Crippen LogP) is 2.11. The lowest BCUT2D eigenvalue weighted by atomic mass is 10.3. The summed E-state index contributed by atoms with van der Waals surface area (Å²) in [4.78, 5) is 2.79. The molecule has 1 aliphatic rings. The van der Waals surface area contributed by atoms with E-state index in [4.69, 9.17) is 18.0 Å². The quantitative estimate of drug-likeness (QED) is 0.801. The van der Waals surface area contributed by atoms with Gasteiger partial charge in [0.15, 0.2) is 0 Å². The van der Waals surface area contributed by atoms with Crippen LogP contribution in [0.3, 0.4) is 0 Å². The molecule has 18 heavy (non-hydrogen) atoms. The summed E-state index contributed by atoms with van der Waals surface area (Å²) in [5.41, 5.74) is 6.64. The number of thiocarbonyl (C=S) groups is 1. The molecule has 0 atom stereocenters. The van der Waals surface area contributed by atoms with Crippen molar-refractivity contribution in [2.45, 2.75) is 44.7 Å². The largest absolute Gasteiger partial charge is 0.393 e. The zero-order chi connectivity index (χ0) is 13.0. The van der Waals surface area contributed by atoms with Crippen molar-refractivity contribution >= 4 is 17.2 Å². The van der Waals surface area contributed by atoms with E-state index < -0.39 is 0 Å². The van der Waals surface area contributed by atoms with E-state index in [0.29, 0.717) is 11.0 Å².